The van der Waals surface area contributed by atoms with Crippen molar-refractivity contribution in [1.82, 2.24) is 15.3 Å². The van der Waals surface area contributed by atoms with Gasteiger partial charge in [0.15, 0.2) is 0 Å². The van der Waals surface area contributed by atoms with Crippen LogP contribution in [0.4, 0.5) is 13.2 Å². The predicted molar refractivity (Wildman–Crippen MR) is 92.8 cm³/mol. The summed E-state index contributed by atoms with van der Waals surface area (Å²) in [5.41, 5.74) is 0.572. The van der Waals surface area contributed by atoms with Gasteiger partial charge in [0.25, 0.3) is 5.91 Å². The average Bonchev–Trinajstić information content (AvgIpc) is 3.46. The second-order valence-corrected chi connectivity index (χ2v) is 6.68. The third-order valence-corrected chi connectivity index (χ3v) is 4.27. The van der Waals surface area contributed by atoms with Gasteiger partial charge in [-0.3, -0.25) is 9.59 Å². The van der Waals surface area contributed by atoms with Crippen LogP contribution in [0.2, 0.25) is 5.02 Å². The lowest BCUT2D eigenvalue weighted by Gasteiger charge is -2.11. The molecule has 1 fully saturated rings. The molecule has 6 nitrogen and oxygen atoms in total. The molecular formula is C18H15ClF3N3O3. The number of ketones is 1. The molecule has 0 atom stereocenters. The van der Waals surface area contributed by atoms with Crippen molar-refractivity contribution in [2.45, 2.75) is 32.2 Å². The Kier molecular flexibility index (Phi) is 5.83. The zero-order chi connectivity index (χ0) is 20.3. The molecule has 10 heteroatoms. The van der Waals surface area contributed by atoms with Gasteiger partial charge in [0, 0.05) is 18.7 Å². The Bertz CT molecular complexity index is 901. The molecule has 1 saturated carbocycles. The molecule has 1 aromatic carbocycles. The quantitative estimate of drug-likeness (QED) is 0.751. The van der Waals surface area contributed by atoms with Gasteiger partial charge in [-0.1, -0.05) is 17.7 Å². The third kappa shape index (κ3) is 5.66. The van der Waals surface area contributed by atoms with Crippen molar-refractivity contribution in [3.05, 3.63) is 52.6 Å². The summed E-state index contributed by atoms with van der Waals surface area (Å²) in [7, 11) is 0. The molecule has 0 radical (unpaired) electrons. The van der Waals surface area contributed by atoms with E-state index in [4.69, 9.17) is 11.6 Å². The normalized spacial score (nSPS) is 13.9. The molecule has 0 spiro atoms. The van der Waals surface area contributed by atoms with Gasteiger partial charge in [-0.25, -0.2) is 9.97 Å². The summed E-state index contributed by atoms with van der Waals surface area (Å²) in [5, 5.41) is 2.36. The van der Waals surface area contributed by atoms with E-state index in [0.717, 1.165) is 18.9 Å². The first-order valence-corrected chi connectivity index (χ1v) is 8.76. The van der Waals surface area contributed by atoms with E-state index in [-0.39, 0.29) is 41.2 Å². The van der Waals surface area contributed by atoms with Crippen molar-refractivity contribution in [3.63, 3.8) is 0 Å². The van der Waals surface area contributed by atoms with Gasteiger partial charge in [-0.15, -0.1) is 13.2 Å². The minimum absolute atomic E-state index is 0.0190. The van der Waals surface area contributed by atoms with Crippen LogP contribution >= 0.6 is 11.6 Å². The number of nitrogens with one attached hydrogen (secondary N) is 1. The van der Waals surface area contributed by atoms with Crippen LogP contribution in [0, 0.1) is 5.92 Å². The first-order chi connectivity index (χ1) is 13.2. The number of Topliss-reactive ketones (excluding diaryl/α,β-unsaturated/α-hetero) is 1. The number of hydrogen-bond acceptors (Lipinski definition) is 5. The maximum atomic E-state index is 12.3. The van der Waals surface area contributed by atoms with Crippen molar-refractivity contribution in [1.29, 1.82) is 0 Å². The van der Waals surface area contributed by atoms with Crippen LogP contribution in [0.25, 0.3) is 0 Å². The fraction of sp³-hybridized carbons (Fsp3) is 0.333. The van der Waals surface area contributed by atoms with E-state index in [1.165, 1.54) is 24.4 Å². The zero-order valence-electron chi connectivity index (χ0n) is 14.4. The topological polar surface area (TPSA) is 81.2 Å². The molecule has 0 bridgehead atoms. The Morgan fingerprint density at radius 1 is 1.25 bits per heavy atom. The highest BCUT2D eigenvalue weighted by Crippen LogP contribution is 2.31. The van der Waals surface area contributed by atoms with Gasteiger partial charge < -0.3 is 10.1 Å². The summed E-state index contributed by atoms with van der Waals surface area (Å²) in [6, 6.07) is 5.10. The van der Waals surface area contributed by atoms with E-state index in [2.05, 4.69) is 20.0 Å². The number of halogens is 4. The van der Waals surface area contributed by atoms with Crippen molar-refractivity contribution in [2.75, 3.05) is 0 Å². The minimum atomic E-state index is -4.84. The summed E-state index contributed by atoms with van der Waals surface area (Å²) in [5.74, 6) is -0.607. The molecule has 2 aromatic rings. The lowest BCUT2D eigenvalue weighted by Crippen LogP contribution is -2.24. The molecule has 1 aromatic heterocycles. The molecule has 148 valence electrons. The van der Waals surface area contributed by atoms with Gasteiger partial charge in [0.1, 0.15) is 23.1 Å². The lowest BCUT2D eigenvalue weighted by atomic mass is 10.2. The Balaban J connectivity index is 1.59. The van der Waals surface area contributed by atoms with Crippen molar-refractivity contribution in [2.24, 2.45) is 5.92 Å². The monoisotopic (exact) mass is 413 g/mol. The molecule has 3 rings (SSSR count). The van der Waals surface area contributed by atoms with Crippen molar-refractivity contribution in [3.8, 4) is 5.75 Å². The Morgan fingerprint density at radius 2 is 2.00 bits per heavy atom. The molecule has 1 heterocycles. The van der Waals surface area contributed by atoms with E-state index in [1.54, 1.807) is 0 Å². The molecule has 1 N–H and O–H groups in total. The summed E-state index contributed by atoms with van der Waals surface area (Å²) < 4.78 is 40.5. The smallest absolute Gasteiger partial charge is 0.404 e. The van der Waals surface area contributed by atoms with Crippen molar-refractivity contribution < 1.29 is 27.5 Å². The summed E-state index contributed by atoms with van der Waals surface area (Å²) in [6.07, 6.45) is -1.59. The van der Waals surface area contributed by atoms with Crippen LogP contribution < -0.4 is 10.1 Å². The summed E-state index contributed by atoms with van der Waals surface area (Å²) in [4.78, 5) is 32.2. The molecule has 0 saturated heterocycles. The zero-order valence-corrected chi connectivity index (χ0v) is 15.2. The Hall–Kier alpha value is -2.68. The number of nitrogens with zero attached hydrogens (tertiary/aromatic N) is 2. The van der Waals surface area contributed by atoms with E-state index >= 15 is 0 Å². The first kappa shape index (κ1) is 20.1. The number of carbonyl (C=O) groups is 2. The van der Waals surface area contributed by atoms with Crippen LogP contribution in [0.5, 0.6) is 5.75 Å². The second kappa shape index (κ2) is 8.14. The van der Waals surface area contributed by atoms with Gasteiger partial charge in [0.05, 0.1) is 11.4 Å². The van der Waals surface area contributed by atoms with E-state index < -0.39 is 18.0 Å². The van der Waals surface area contributed by atoms with Crippen LogP contribution in [-0.4, -0.2) is 28.0 Å². The van der Waals surface area contributed by atoms with Crippen LogP contribution in [0.3, 0.4) is 0 Å². The number of amides is 1. The number of benzene rings is 1. The van der Waals surface area contributed by atoms with Crippen LogP contribution in [0.1, 0.15) is 34.7 Å². The minimum Gasteiger partial charge on any atom is -0.404 e. The standard InChI is InChI=1S/C18H15ClF3N3O3/c19-12-7-10(1-4-15(12)28-18(20,21)22)9-24-17(27)13-5-6-23-16(25-13)8-14(26)11-2-3-11/h1,4-7,11H,2-3,8-9H2,(H,24,27). The number of rotatable bonds is 7. The highest BCUT2D eigenvalue weighted by Gasteiger charge is 2.32. The molecule has 0 unspecified atom stereocenters. The molecule has 28 heavy (non-hydrogen) atoms. The fourth-order valence-electron chi connectivity index (χ4n) is 2.45. The molecule has 0 aliphatic heterocycles. The largest absolute Gasteiger partial charge is 0.573 e. The number of hydrogen-bond donors (Lipinski definition) is 1. The molecular weight excluding hydrogens is 399 g/mol. The van der Waals surface area contributed by atoms with E-state index in [9.17, 15) is 22.8 Å². The number of carbonyl (C=O) groups excluding carboxylic acids is 2. The number of ether oxygens (including phenoxy) is 1. The highest BCUT2D eigenvalue weighted by molar-refractivity contribution is 6.32. The number of alkyl halides is 3. The lowest BCUT2D eigenvalue weighted by molar-refractivity contribution is -0.274. The van der Waals surface area contributed by atoms with E-state index in [0.29, 0.717) is 5.56 Å². The Labute approximate surface area is 163 Å². The van der Waals surface area contributed by atoms with Gasteiger partial charge in [-0.05, 0) is 36.6 Å². The summed E-state index contributed by atoms with van der Waals surface area (Å²) in [6.45, 7) is 0.0190. The molecule has 1 amide bonds. The van der Waals surface area contributed by atoms with Crippen LogP contribution in [-0.2, 0) is 17.8 Å². The highest BCUT2D eigenvalue weighted by atomic mass is 35.5. The fourth-order valence-corrected chi connectivity index (χ4v) is 2.69. The van der Waals surface area contributed by atoms with Crippen molar-refractivity contribution >= 4 is 23.3 Å². The third-order valence-electron chi connectivity index (χ3n) is 3.98. The second-order valence-electron chi connectivity index (χ2n) is 6.27. The van der Waals surface area contributed by atoms with Crippen LogP contribution in [0.15, 0.2) is 30.5 Å². The number of aromatic nitrogens is 2. The summed E-state index contributed by atoms with van der Waals surface area (Å²) >= 11 is 5.78. The predicted octanol–water partition coefficient (Wildman–Crippen LogP) is 3.48. The molecule has 1 aliphatic rings. The SMILES string of the molecule is O=C(NCc1ccc(OC(F)(F)F)c(Cl)c1)c1ccnc(CC(=O)C2CC2)n1. The van der Waals surface area contributed by atoms with Gasteiger partial charge in [0.2, 0.25) is 0 Å². The van der Waals surface area contributed by atoms with E-state index in [1.807, 2.05) is 0 Å². The van der Waals surface area contributed by atoms with Gasteiger partial charge in [-0.2, -0.15) is 0 Å². The maximum Gasteiger partial charge on any atom is 0.573 e. The molecule has 1 aliphatic carbocycles. The average molecular weight is 414 g/mol. The Morgan fingerprint density at radius 3 is 2.64 bits per heavy atom. The maximum absolute atomic E-state index is 12.3. The van der Waals surface area contributed by atoms with Gasteiger partial charge >= 0.3 is 6.36 Å². The first-order valence-electron chi connectivity index (χ1n) is 8.38.